The molecule has 1 aromatic rings. The summed E-state index contributed by atoms with van der Waals surface area (Å²) in [5.74, 6) is -3.32. The number of ether oxygens (including phenoxy) is 3. The molecule has 1 unspecified atom stereocenters. The summed E-state index contributed by atoms with van der Waals surface area (Å²) >= 11 is 2.34. The molecule has 246 valence electrons. The fraction of sp³-hybridized carbons (Fsp3) is 0.560. The average molecular weight is 700 g/mol. The molecule has 2 amide bonds. The molecule has 0 bridgehead atoms. The molecular formula is C25H36Cl2N6O9S2. The van der Waals surface area contributed by atoms with E-state index in [1.165, 1.54) is 24.1 Å². The number of nitrogens with two attached hydrogens (primary N) is 2. The molecule has 1 saturated heterocycles. The minimum atomic E-state index is -1.04. The highest BCUT2D eigenvalue weighted by Crippen LogP contribution is 2.41. The second-order valence-electron chi connectivity index (χ2n) is 10.2. The Kier molecular flexibility index (Phi) is 14.9. The Labute approximate surface area is 274 Å². The van der Waals surface area contributed by atoms with Gasteiger partial charge in [-0.15, -0.1) is 47.9 Å². The molecule has 3 atom stereocenters. The Hall–Kier alpha value is -3.12. The predicted molar refractivity (Wildman–Crippen MR) is 167 cm³/mol. The topological polar surface area (TPSA) is 215 Å². The summed E-state index contributed by atoms with van der Waals surface area (Å²) < 4.78 is 15.2. The van der Waals surface area contributed by atoms with Crippen LogP contribution in [0, 0.1) is 5.41 Å². The van der Waals surface area contributed by atoms with Crippen molar-refractivity contribution in [1.82, 2.24) is 15.2 Å². The largest absolute Gasteiger partial charge is 0.461 e. The maximum Gasteiger partial charge on any atom is 0.358 e. The Balaban J connectivity index is 0.00000484. The van der Waals surface area contributed by atoms with Gasteiger partial charge in [-0.2, -0.15) is 0 Å². The molecule has 2 aliphatic heterocycles. The number of nitrogen functional groups attached to an aromatic ring is 1. The minimum absolute atomic E-state index is 0. The maximum atomic E-state index is 13.3. The van der Waals surface area contributed by atoms with Crippen molar-refractivity contribution >= 4 is 88.5 Å². The summed E-state index contributed by atoms with van der Waals surface area (Å²) in [6.07, 6.45) is 0.0923. The van der Waals surface area contributed by atoms with Crippen LogP contribution >= 0.6 is 47.9 Å². The van der Waals surface area contributed by atoms with E-state index in [1.54, 1.807) is 20.8 Å². The number of hydrogen-bond acceptors (Lipinski definition) is 15. The number of aromatic nitrogens is 1. The first kappa shape index (κ1) is 38.9. The summed E-state index contributed by atoms with van der Waals surface area (Å²) in [7, 11) is 0. The number of anilines is 1. The van der Waals surface area contributed by atoms with Crippen LogP contribution in [0.25, 0.3) is 0 Å². The summed E-state index contributed by atoms with van der Waals surface area (Å²) in [6, 6.07) is -1.04. The Morgan fingerprint density at radius 3 is 2.43 bits per heavy atom. The second kappa shape index (κ2) is 16.8. The van der Waals surface area contributed by atoms with Crippen LogP contribution in [0.2, 0.25) is 0 Å². The van der Waals surface area contributed by atoms with Gasteiger partial charge in [0.1, 0.15) is 35.5 Å². The number of amides is 2. The van der Waals surface area contributed by atoms with Gasteiger partial charge in [-0.25, -0.2) is 9.78 Å². The maximum absolute atomic E-state index is 13.3. The molecule has 1 aromatic heterocycles. The number of β-lactam (4-membered cyclic amide) rings is 1. The first-order chi connectivity index (χ1) is 19.8. The van der Waals surface area contributed by atoms with Crippen molar-refractivity contribution in [2.24, 2.45) is 16.3 Å². The predicted octanol–water partition coefficient (Wildman–Crippen LogP) is 1.33. The van der Waals surface area contributed by atoms with Gasteiger partial charge in [0.05, 0.1) is 5.41 Å². The molecule has 0 saturated carbocycles. The van der Waals surface area contributed by atoms with Crippen molar-refractivity contribution in [1.29, 1.82) is 0 Å². The monoisotopic (exact) mass is 698 g/mol. The van der Waals surface area contributed by atoms with Gasteiger partial charge in [-0.1, -0.05) is 12.1 Å². The van der Waals surface area contributed by atoms with E-state index < -0.39 is 59.4 Å². The van der Waals surface area contributed by atoms with E-state index in [-0.39, 0.29) is 66.0 Å². The van der Waals surface area contributed by atoms with Crippen molar-refractivity contribution < 1.29 is 43.0 Å². The van der Waals surface area contributed by atoms with Gasteiger partial charge in [0.25, 0.3) is 11.8 Å². The number of oxime groups is 1. The van der Waals surface area contributed by atoms with Crippen LogP contribution in [0.3, 0.4) is 0 Å². The molecule has 3 heterocycles. The lowest BCUT2D eigenvalue weighted by molar-refractivity contribution is -0.173. The molecule has 3 rings (SSSR count). The van der Waals surface area contributed by atoms with Gasteiger partial charge in [-0.05, 0) is 27.2 Å². The van der Waals surface area contributed by atoms with Crippen LogP contribution in [0.15, 0.2) is 21.8 Å². The molecule has 5 N–H and O–H groups in total. The van der Waals surface area contributed by atoms with Crippen LogP contribution in [0.1, 0.15) is 46.7 Å². The molecule has 0 aromatic carbocycles. The second-order valence-corrected chi connectivity index (χ2v) is 12.2. The molecule has 1 fully saturated rings. The zero-order valence-electron chi connectivity index (χ0n) is 24.6. The lowest BCUT2D eigenvalue weighted by atomic mass is 9.98. The van der Waals surface area contributed by atoms with Crippen LogP contribution in [0.4, 0.5) is 5.13 Å². The molecule has 15 nitrogen and oxygen atoms in total. The van der Waals surface area contributed by atoms with Crippen LogP contribution < -0.4 is 16.8 Å². The summed E-state index contributed by atoms with van der Waals surface area (Å²) in [5.41, 5.74) is 10.7. The Morgan fingerprint density at radius 2 is 1.89 bits per heavy atom. The van der Waals surface area contributed by atoms with Gasteiger partial charge in [0.2, 0.25) is 6.79 Å². The number of esters is 3. The van der Waals surface area contributed by atoms with E-state index >= 15 is 0 Å². The van der Waals surface area contributed by atoms with Crippen LogP contribution in [0.5, 0.6) is 0 Å². The lowest BCUT2D eigenvalue weighted by Crippen LogP contribution is -2.71. The van der Waals surface area contributed by atoms with Crippen LogP contribution in [-0.2, 0) is 43.0 Å². The zero-order chi connectivity index (χ0) is 31.2. The van der Waals surface area contributed by atoms with Crippen molar-refractivity contribution in [2.75, 3.05) is 31.4 Å². The van der Waals surface area contributed by atoms with Gasteiger partial charge < -0.3 is 35.8 Å². The van der Waals surface area contributed by atoms with E-state index in [4.69, 9.17) is 30.5 Å². The van der Waals surface area contributed by atoms with Gasteiger partial charge in [0.15, 0.2) is 10.8 Å². The number of thiazole rings is 1. The van der Waals surface area contributed by atoms with Gasteiger partial charge in [-0.3, -0.25) is 24.1 Å². The smallest absolute Gasteiger partial charge is 0.358 e. The van der Waals surface area contributed by atoms with Crippen molar-refractivity contribution in [2.45, 2.75) is 58.6 Å². The Morgan fingerprint density at radius 1 is 1.20 bits per heavy atom. The fourth-order valence-corrected chi connectivity index (χ4v) is 5.49. The highest BCUT2D eigenvalue weighted by molar-refractivity contribution is 8.00. The van der Waals surface area contributed by atoms with Crippen molar-refractivity contribution in [3.05, 3.63) is 22.3 Å². The molecule has 19 heteroatoms. The summed E-state index contributed by atoms with van der Waals surface area (Å²) in [4.78, 5) is 73.8. The molecular weight excluding hydrogens is 663 g/mol. The third kappa shape index (κ3) is 9.44. The third-order valence-corrected chi connectivity index (χ3v) is 7.97. The number of fused-ring (bicyclic) bond motifs is 1. The number of nitrogens with zero attached hydrogens (tertiary/aromatic N) is 3. The van der Waals surface area contributed by atoms with E-state index in [2.05, 4.69) is 15.5 Å². The van der Waals surface area contributed by atoms with Gasteiger partial charge in [0, 0.05) is 30.2 Å². The Bertz CT molecular complexity index is 1300. The average Bonchev–Trinajstić information content (AvgIpc) is 3.36. The zero-order valence-corrected chi connectivity index (χ0v) is 27.9. The normalized spacial score (nSPS) is 18.5. The third-order valence-electron chi connectivity index (χ3n) is 5.96. The number of rotatable bonds is 12. The lowest BCUT2D eigenvalue weighted by Gasteiger charge is -2.49. The first-order valence-electron chi connectivity index (χ1n) is 12.9. The molecule has 44 heavy (non-hydrogen) atoms. The highest BCUT2D eigenvalue weighted by Gasteiger charge is 2.55. The van der Waals surface area contributed by atoms with Crippen LogP contribution in [-0.4, -0.2) is 88.5 Å². The quantitative estimate of drug-likeness (QED) is 0.0925. The number of hydrogen-bond donors (Lipinski definition) is 3. The van der Waals surface area contributed by atoms with E-state index in [0.29, 0.717) is 12.0 Å². The number of thioether (sulfide) groups is 1. The first-order valence-corrected chi connectivity index (χ1v) is 14.8. The molecule has 2 aliphatic rings. The number of carbonyl (C=O) groups is 5. The van der Waals surface area contributed by atoms with E-state index in [0.717, 1.165) is 16.2 Å². The minimum Gasteiger partial charge on any atom is -0.461 e. The van der Waals surface area contributed by atoms with Crippen molar-refractivity contribution in [3.63, 3.8) is 0 Å². The van der Waals surface area contributed by atoms with Crippen molar-refractivity contribution in [3.8, 4) is 0 Å². The summed E-state index contributed by atoms with van der Waals surface area (Å²) in [6.45, 7) is 7.18. The van der Waals surface area contributed by atoms with E-state index in [1.807, 2.05) is 6.92 Å². The van der Waals surface area contributed by atoms with Gasteiger partial charge >= 0.3 is 17.9 Å². The summed E-state index contributed by atoms with van der Waals surface area (Å²) in [5, 5.41) is 7.62. The molecule has 0 spiro atoms. The highest BCUT2D eigenvalue weighted by atomic mass is 35.5. The number of nitrogens with one attached hydrogen (secondary N) is 1. The fourth-order valence-electron chi connectivity index (χ4n) is 3.61. The number of halogens is 2. The number of carbonyl (C=O) groups excluding carboxylic acids is 5. The standard InChI is InChI=1S/C25H34N6O9S2.2ClH/c1-6-14(7-26)40-30-16(15-10-42-24(27)28-15)19(33)29-17-20(34)31-18(13(8-37-12(2)32)9-41-21(17)31)22(35)38-11-39-23(36)25(3,4)5;;/h10,14,17,21H,6-9,11,26H2,1-5H3,(H2,27,28)(H,29,33);2*1H/t14?,17-,21-;;/m1../s1. The molecule has 0 radical (unpaired) electrons. The molecule has 0 aliphatic carbocycles. The van der Waals surface area contributed by atoms with E-state index in [9.17, 15) is 24.0 Å². The SMILES string of the molecule is CCC(CN)ON=C(C(=O)N[C@@H]1C(=O)N2C(C(=O)OCOC(=O)C(C)(C)C)=C(COC(C)=O)CS[C@H]12)c1csc(N)n1.Cl.Cl.